The molecule has 0 aliphatic carbocycles. The topological polar surface area (TPSA) is 73.9 Å². The summed E-state index contributed by atoms with van der Waals surface area (Å²) in [5, 5.41) is 5.60. The number of carbonyl (C=O) groups is 2. The first-order valence-corrected chi connectivity index (χ1v) is 10.3. The van der Waals surface area contributed by atoms with E-state index >= 15 is 0 Å². The van der Waals surface area contributed by atoms with Crippen LogP contribution in [0.1, 0.15) is 41.6 Å². The zero-order valence-electron chi connectivity index (χ0n) is 17.0. The molecule has 7 nitrogen and oxygen atoms in total. The largest absolute Gasteiger partial charge is 0.375 e. The maximum absolute atomic E-state index is 12.9. The van der Waals surface area contributed by atoms with Gasteiger partial charge in [0.05, 0.1) is 6.10 Å². The number of hydrogen-bond acceptors (Lipinski definition) is 4. The Morgan fingerprint density at radius 1 is 1.14 bits per heavy atom. The van der Waals surface area contributed by atoms with Crippen molar-refractivity contribution in [3.63, 3.8) is 0 Å². The van der Waals surface area contributed by atoms with Gasteiger partial charge in [-0.05, 0) is 57.0 Å². The molecule has 28 heavy (non-hydrogen) atoms. The third-order valence-electron chi connectivity index (χ3n) is 5.52. The zero-order chi connectivity index (χ0) is 19.9. The van der Waals surface area contributed by atoms with Crippen molar-refractivity contribution >= 4 is 17.6 Å². The molecule has 2 aliphatic rings. The fourth-order valence-electron chi connectivity index (χ4n) is 3.86. The molecule has 1 aromatic rings. The van der Waals surface area contributed by atoms with Gasteiger partial charge in [-0.1, -0.05) is 12.5 Å². The van der Waals surface area contributed by atoms with Gasteiger partial charge in [-0.3, -0.25) is 4.79 Å². The minimum Gasteiger partial charge on any atom is -0.375 e. The van der Waals surface area contributed by atoms with Crippen LogP contribution in [0.25, 0.3) is 0 Å². The highest BCUT2D eigenvalue weighted by atomic mass is 16.5. The molecule has 2 saturated heterocycles. The van der Waals surface area contributed by atoms with Gasteiger partial charge in [0.2, 0.25) is 0 Å². The van der Waals surface area contributed by atoms with Crippen LogP contribution in [0.4, 0.5) is 10.5 Å². The lowest BCUT2D eigenvalue weighted by atomic mass is 10.1. The summed E-state index contributed by atoms with van der Waals surface area (Å²) in [6.45, 7) is 7.01. The number of benzene rings is 1. The normalized spacial score (nSPS) is 21.1. The van der Waals surface area contributed by atoms with E-state index in [1.54, 1.807) is 19.2 Å². The molecule has 2 heterocycles. The van der Waals surface area contributed by atoms with E-state index in [9.17, 15) is 9.59 Å². The van der Waals surface area contributed by atoms with Gasteiger partial charge in [-0.25, -0.2) is 4.79 Å². The molecule has 0 unspecified atom stereocenters. The highest BCUT2D eigenvalue weighted by molar-refractivity contribution is 5.97. The number of nitrogens with zero attached hydrogens (tertiary/aromatic N) is 2. The average Bonchev–Trinajstić information content (AvgIpc) is 2.95. The van der Waals surface area contributed by atoms with Crippen molar-refractivity contribution in [2.75, 3.05) is 51.7 Å². The fourth-order valence-corrected chi connectivity index (χ4v) is 3.86. The molecule has 2 N–H and O–H groups in total. The SMILES string of the molecule is CNC(=O)c1ccc(C)c(NC(=O)N2CCCO[C@H](CN3CCCCC3)C2)c1. The summed E-state index contributed by atoms with van der Waals surface area (Å²) in [5.41, 5.74) is 2.13. The number of amides is 3. The van der Waals surface area contributed by atoms with Crippen molar-refractivity contribution in [3.8, 4) is 0 Å². The fraction of sp³-hybridized carbons (Fsp3) is 0.619. The van der Waals surface area contributed by atoms with Gasteiger partial charge in [0.1, 0.15) is 0 Å². The van der Waals surface area contributed by atoms with Crippen molar-refractivity contribution in [2.45, 2.75) is 38.7 Å². The number of piperidine rings is 1. The van der Waals surface area contributed by atoms with Crippen molar-refractivity contribution < 1.29 is 14.3 Å². The van der Waals surface area contributed by atoms with Crippen molar-refractivity contribution in [1.82, 2.24) is 15.1 Å². The molecule has 0 spiro atoms. The second kappa shape index (κ2) is 9.89. The number of hydrogen-bond donors (Lipinski definition) is 2. The number of anilines is 1. The monoisotopic (exact) mass is 388 g/mol. The van der Waals surface area contributed by atoms with Gasteiger partial charge in [-0.15, -0.1) is 0 Å². The maximum atomic E-state index is 12.9. The van der Waals surface area contributed by atoms with E-state index in [1.807, 2.05) is 17.9 Å². The summed E-state index contributed by atoms with van der Waals surface area (Å²) in [5.74, 6) is -0.166. The molecule has 2 aliphatic heterocycles. The van der Waals surface area contributed by atoms with E-state index in [0.29, 0.717) is 30.9 Å². The van der Waals surface area contributed by atoms with Gasteiger partial charge >= 0.3 is 6.03 Å². The summed E-state index contributed by atoms with van der Waals surface area (Å²) >= 11 is 0. The molecule has 2 fully saturated rings. The molecule has 1 atom stereocenters. The minimum atomic E-state index is -0.166. The van der Waals surface area contributed by atoms with Crippen LogP contribution in [0.15, 0.2) is 18.2 Å². The van der Waals surface area contributed by atoms with Gasteiger partial charge in [0.25, 0.3) is 5.91 Å². The number of likely N-dealkylation sites (tertiary alicyclic amines) is 1. The highest BCUT2D eigenvalue weighted by Gasteiger charge is 2.25. The van der Waals surface area contributed by atoms with Crippen molar-refractivity contribution in [1.29, 1.82) is 0 Å². The summed E-state index contributed by atoms with van der Waals surface area (Å²) in [6, 6.07) is 5.21. The van der Waals surface area contributed by atoms with E-state index in [4.69, 9.17) is 4.74 Å². The lowest BCUT2D eigenvalue weighted by Crippen LogP contribution is -2.45. The molecule has 7 heteroatoms. The Bertz CT molecular complexity index is 688. The molecule has 0 bridgehead atoms. The Morgan fingerprint density at radius 3 is 2.68 bits per heavy atom. The number of ether oxygens (including phenoxy) is 1. The summed E-state index contributed by atoms with van der Waals surface area (Å²) < 4.78 is 6.01. The van der Waals surface area contributed by atoms with Crippen LogP contribution in [0.3, 0.4) is 0 Å². The van der Waals surface area contributed by atoms with Gasteiger partial charge < -0.3 is 25.2 Å². The van der Waals surface area contributed by atoms with Crippen LogP contribution in [-0.2, 0) is 4.74 Å². The predicted octanol–water partition coefficient (Wildman–Crippen LogP) is 2.46. The summed E-state index contributed by atoms with van der Waals surface area (Å²) in [6.07, 6.45) is 4.69. The summed E-state index contributed by atoms with van der Waals surface area (Å²) in [4.78, 5) is 29.1. The van der Waals surface area contributed by atoms with Crippen LogP contribution in [0.2, 0.25) is 0 Å². The van der Waals surface area contributed by atoms with E-state index in [-0.39, 0.29) is 18.0 Å². The Balaban J connectivity index is 1.63. The smallest absolute Gasteiger partial charge is 0.321 e. The van der Waals surface area contributed by atoms with Crippen molar-refractivity contribution in [2.24, 2.45) is 0 Å². The Hall–Kier alpha value is -2.12. The molecule has 3 rings (SSSR count). The van der Waals surface area contributed by atoms with Crippen LogP contribution in [0.5, 0.6) is 0 Å². The lowest BCUT2D eigenvalue weighted by Gasteiger charge is -2.31. The van der Waals surface area contributed by atoms with Crippen LogP contribution in [0, 0.1) is 6.92 Å². The number of urea groups is 1. The van der Waals surface area contributed by atoms with Gasteiger partial charge in [0.15, 0.2) is 0 Å². The van der Waals surface area contributed by atoms with Crippen LogP contribution >= 0.6 is 0 Å². The first-order chi connectivity index (χ1) is 13.6. The molecule has 154 valence electrons. The molecular weight excluding hydrogens is 356 g/mol. The zero-order valence-corrected chi connectivity index (χ0v) is 17.0. The Kier molecular flexibility index (Phi) is 7.28. The number of rotatable bonds is 4. The Morgan fingerprint density at radius 2 is 1.93 bits per heavy atom. The highest BCUT2D eigenvalue weighted by Crippen LogP contribution is 2.19. The quantitative estimate of drug-likeness (QED) is 0.831. The molecule has 0 aromatic heterocycles. The first kappa shape index (κ1) is 20.6. The third-order valence-corrected chi connectivity index (χ3v) is 5.52. The third kappa shape index (κ3) is 5.45. The summed E-state index contributed by atoms with van der Waals surface area (Å²) in [7, 11) is 1.60. The second-order valence-electron chi connectivity index (χ2n) is 7.69. The standard InChI is InChI=1S/C21H32N4O3/c1-16-7-8-17(20(26)22-2)13-19(16)23-21(27)25-11-6-12-28-18(15-25)14-24-9-4-3-5-10-24/h7-8,13,18H,3-6,9-12,14-15H2,1-2H3,(H,22,26)(H,23,27)/t18-/m1/s1. The van der Waals surface area contributed by atoms with E-state index in [2.05, 4.69) is 15.5 Å². The van der Waals surface area contributed by atoms with Crippen LogP contribution < -0.4 is 10.6 Å². The average molecular weight is 389 g/mol. The lowest BCUT2D eigenvalue weighted by molar-refractivity contribution is 0.0261. The minimum absolute atomic E-state index is 0.0460. The van der Waals surface area contributed by atoms with Gasteiger partial charge in [0, 0.05) is 44.5 Å². The van der Waals surface area contributed by atoms with E-state index in [1.165, 1.54) is 19.3 Å². The van der Waals surface area contributed by atoms with Crippen LogP contribution in [-0.4, -0.2) is 74.2 Å². The second-order valence-corrected chi connectivity index (χ2v) is 7.69. The van der Waals surface area contributed by atoms with E-state index < -0.39 is 0 Å². The molecule has 3 amide bonds. The molecule has 1 aromatic carbocycles. The molecular formula is C21H32N4O3. The van der Waals surface area contributed by atoms with Crippen molar-refractivity contribution in [3.05, 3.63) is 29.3 Å². The molecule has 0 saturated carbocycles. The maximum Gasteiger partial charge on any atom is 0.321 e. The number of aryl methyl sites for hydroxylation is 1. The van der Waals surface area contributed by atoms with Gasteiger partial charge in [-0.2, -0.15) is 0 Å². The number of carbonyl (C=O) groups excluding carboxylic acids is 2. The number of nitrogens with one attached hydrogen (secondary N) is 2. The Labute approximate surface area is 167 Å². The van der Waals surface area contributed by atoms with E-state index in [0.717, 1.165) is 31.6 Å². The molecule has 0 radical (unpaired) electrons. The first-order valence-electron chi connectivity index (χ1n) is 10.3. The predicted molar refractivity (Wildman–Crippen MR) is 110 cm³/mol.